The van der Waals surface area contributed by atoms with Crippen LogP contribution in [0.15, 0.2) is 29.2 Å². The molecular weight excluding hydrogens is 503 g/mol. The molecule has 1 rings (SSSR count). The van der Waals surface area contributed by atoms with Crippen molar-refractivity contribution < 1.29 is 31.6 Å². The smallest absolute Gasteiger partial charge is 0.407 e. The number of rotatable bonds is 15. The van der Waals surface area contributed by atoms with Gasteiger partial charge in [-0.3, -0.25) is 4.57 Å². The minimum atomic E-state index is -3.84. The van der Waals surface area contributed by atoms with E-state index in [1.54, 1.807) is 52.0 Å². The number of nitrogens with one attached hydrogen (secondary N) is 1. The molecule has 208 valence electrons. The molecule has 1 N–H and O–H groups in total. The van der Waals surface area contributed by atoms with Crippen LogP contribution in [0.4, 0.5) is 4.79 Å². The third-order valence-electron chi connectivity index (χ3n) is 5.08. The highest BCUT2D eigenvalue weighted by Crippen LogP contribution is 2.44. The Morgan fingerprint density at radius 3 is 2.25 bits per heavy atom. The zero-order valence-electron chi connectivity index (χ0n) is 23.1. The average molecular weight is 549 g/mol. The summed E-state index contributed by atoms with van der Waals surface area (Å²) < 4.78 is 57.5. The summed E-state index contributed by atoms with van der Waals surface area (Å²) in [5.41, 5.74) is 0.383. The van der Waals surface area contributed by atoms with Crippen LogP contribution >= 0.6 is 7.60 Å². The number of amides is 1. The number of hydrogen-bond acceptors (Lipinski definition) is 7. The van der Waals surface area contributed by atoms with Crippen LogP contribution in [0.2, 0.25) is 0 Å². The zero-order valence-corrected chi connectivity index (χ0v) is 24.8. The molecule has 1 aromatic carbocycles. The molecule has 36 heavy (non-hydrogen) atoms. The second-order valence-electron chi connectivity index (χ2n) is 10.3. The highest BCUT2D eigenvalue weighted by molar-refractivity contribution is 7.89. The highest BCUT2D eigenvalue weighted by atomic mass is 32.2. The maximum Gasteiger partial charge on any atom is 0.407 e. The van der Waals surface area contributed by atoms with Crippen molar-refractivity contribution in [2.45, 2.75) is 84.3 Å². The van der Waals surface area contributed by atoms with Crippen LogP contribution in [0.25, 0.3) is 0 Å². The van der Waals surface area contributed by atoms with Crippen LogP contribution in [-0.2, 0) is 28.4 Å². The van der Waals surface area contributed by atoms with Crippen molar-refractivity contribution in [3.63, 3.8) is 0 Å². The Hall–Kier alpha value is -1.45. The third-order valence-corrected chi connectivity index (χ3v) is 8.36. The Morgan fingerprint density at radius 2 is 1.72 bits per heavy atom. The molecule has 2 atom stereocenters. The molecule has 0 bridgehead atoms. The number of unbranched alkanes of at least 4 members (excludes halogenated alkanes) is 1. The first-order chi connectivity index (χ1) is 16.6. The first-order valence-corrected chi connectivity index (χ1v) is 15.9. The number of benzene rings is 1. The predicted molar refractivity (Wildman–Crippen MR) is 143 cm³/mol. The van der Waals surface area contributed by atoms with E-state index in [9.17, 15) is 17.8 Å². The van der Waals surface area contributed by atoms with Crippen molar-refractivity contribution in [1.82, 2.24) is 9.62 Å². The minimum absolute atomic E-state index is 0.0573. The summed E-state index contributed by atoms with van der Waals surface area (Å²) in [5.74, 6) is 0.0573. The summed E-state index contributed by atoms with van der Waals surface area (Å²) in [4.78, 5) is 12.1. The van der Waals surface area contributed by atoms with Gasteiger partial charge in [-0.05, 0) is 65.5 Å². The second-order valence-corrected chi connectivity index (χ2v) is 14.3. The number of aryl methyl sites for hydroxylation is 1. The summed E-state index contributed by atoms with van der Waals surface area (Å²) in [6.45, 7) is 15.1. The Labute approximate surface area is 217 Å². The van der Waals surface area contributed by atoms with Crippen LogP contribution in [-0.4, -0.2) is 63.4 Å². The summed E-state index contributed by atoms with van der Waals surface area (Å²) in [5, 5.41) is 2.72. The van der Waals surface area contributed by atoms with Crippen LogP contribution in [0.5, 0.6) is 0 Å². The molecule has 0 radical (unpaired) electrons. The lowest BCUT2D eigenvalue weighted by Gasteiger charge is -2.33. The van der Waals surface area contributed by atoms with Crippen LogP contribution in [0, 0.1) is 12.8 Å². The molecule has 0 spiro atoms. The standard InChI is InChI=1S/C25H45N2O7PS/c1-9-32-35(8,29)33-19-22(12-10-11-17-26-24(28)34-25(5,6)7)27(18-20(2)3)36(30,31)23-15-13-21(4)14-16-23/h13-16,20,22H,9-12,17-19H2,1-8H3,(H,26,28)/t22-,35?/m0/s1. The van der Waals surface area contributed by atoms with Gasteiger partial charge in [-0.15, -0.1) is 0 Å². The Kier molecular flexibility index (Phi) is 13.1. The van der Waals surface area contributed by atoms with Crippen LogP contribution < -0.4 is 5.32 Å². The lowest BCUT2D eigenvalue weighted by molar-refractivity contribution is 0.0526. The quantitative estimate of drug-likeness (QED) is 0.225. The van der Waals surface area contributed by atoms with Gasteiger partial charge in [0.2, 0.25) is 10.0 Å². The predicted octanol–water partition coefficient (Wildman–Crippen LogP) is 5.58. The molecule has 0 aliphatic heterocycles. The lowest BCUT2D eigenvalue weighted by atomic mass is 10.1. The second kappa shape index (κ2) is 14.5. The van der Waals surface area contributed by atoms with E-state index in [2.05, 4.69) is 5.32 Å². The molecule has 0 saturated carbocycles. The molecule has 1 aromatic rings. The highest BCUT2D eigenvalue weighted by Gasteiger charge is 2.33. The van der Waals surface area contributed by atoms with Gasteiger partial charge in [-0.25, -0.2) is 13.2 Å². The van der Waals surface area contributed by atoms with E-state index >= 15 is 0 Å². The van der Waals surface area contributed by atoms with Gasteiger partial charge in [0.15, 0.2) is 0 Å². The summed E-state index contributed by atoms with van der Waals surface area (Å²) in [6, 6.07) is 6.18. The zero-order chi connectivity index (χ0) is 27.6. The van der Waals surface area contributed by atoms with Crippen molar-refractivity contribution in [3.05, 3.63) is 29.8 Å². The van der Waals surface area contributed by atoms with Crippen molar-refractivity contribution in [2.75, 3.05) is 33.0 Å². The first kappa shape index (κ1) is 32.6. The van der Waals surface area contributed by atoms with Gasteiger partial charge in [0.1, 0.15) is 5.60 Å². The molecule has 11 heteroatoms. The Balaban J connectivity index is 3.05. The fraction of sp³-hybridized carbons (Fsp3) is 0.720. The minimum Gasteiger partial charge on any atom is -0.444 e. The average Bonchev–Trinajstić information content (AvgIpc) is 2.73. The van der Waals surface area contributed by atoms with Gasteiger partial charge in [0, 0.05) is 25.8 Å². The van der Waals surface area contributed by atoms with Crippen LogP contribution in [0.1, 0.15) is 66.4 Å². The van der Waals surface area contributed by atoms with E-state index in [1.165, 1.54) is 11.0 Å². The number of alkyl carbamates (subject to hydrolysis) is 1. The van der Waals surface area contributed by atoms with Gasteiger partial charge >= 0.3 is 13.7 Å². The fourth-order valence-electron chi connectivity index (χ4n) is 3.46. The molecule has 0 saturated heterocycles. The third kappa shape index (κ3) is 12.2. The number of carbonyl (C=O) groups excluding carboxylic acids is 1. The number of nitrogens with zero attached hydrogens (tertiary/aromatic N) is 1. The maximum atomic E-state index is 13.7. The largest absolute Gasteiger partial charge is 0.444 e. The molecular formula is C25H45N2O7PS. The number of carbonyl (C=O) groups is 1. The van der Waals surface area contributed by atoms with E-state index in [1.807, 2.05) is 20.8 Å². The van der Waals surface area contributed by atoms with Crippen LogP contribution in [0.3, 0.4) is 0 Å². The molecule has 1 unspecified atom stereocenters. The normalized spacial score (nSPS) is 15.1. The van der Waals surface area contributed by atoms with E-state index in [0.717, 1.165) is 5.56 Å². The van der Waals surface area contributed by atoms with Gasteiger partial charge in [-0.1, -0.05) is 38.0 Å². The van der Waals surface area contributed by atoms with E-state index in [0.29, 0.717) is 25.8 Å². The Bertz CT molecular complexity index is 960. The van der Waals surface area contributed by atoms with Crippen molar-refractivity contribution >= 4 is 23.7 Å². The van der Waals surface area contributed by atoms with E-state index in [-0.39, 0.29) is 30.6 Å². The first-order valence-electron chi connectivity index (χ1n) is 12.5. The van der Waals surface area contributed by atoms with Gasteiger partial charge < -0.3 is 19.1 Å². The molecule has 1 amide bonds. The summed E-state index contributed by atoms with van der Waals surface area (Å²) >= 11 is 0. The van der Waals surface area contributed by atoms with Crippen molar-refractivity contribution in [3.8, 4) is 0 Å². The summed E-state index contributed by atoms with van der Waals surface area (Å²) in [6.07, 6.45) is 1.20. The van der Waals surface area contributed by atoms with E-state index in [4.69, 9.17) is 13.8 Å². The number of ether oxygens (including phenoxy) is 1. The number of hydrogen-bond donors (Lipinski definition) is 1. The monoisotopic (exact) mass is 548 g/mol. The van der Waals surface area contributed by atoms with Gasteiger partial charge in [0.05, 0.1) is 18.1 Å². The topological polar surface area (TPSA) is 111 Å². The maximum absolute atomic E-state index is 13.7. The van der Waals surface area contributed by atoms with Crippen molar-refractivity contribution in [1.29, 1.82) is 0 Å². The molecule has 0 fully saturated rings. The SMILES string of the molecule is CCOP(C)(=O)OC[C@H](CCCCNC(=O)OC(C)(C)C)N(CC(C)C)S(=O)(=O)c1ccc(C)cc1. The van der Waals surface area contributed by atoms with Gasteiger partial charge in [-0.2, -0.15) is 4.31 Å². The lowest BCUT2D eigenvalue weighted by Crippen LogP contribution is -2.45. The fourth-order valence-corrected chi connectivity index (χ4v) is 6.25. The molecule has 0 aliphatic rings. The summed E-state index contributed by atoms with van der Waals surface area (Å²) in [7, 11) is -7.16. The number of sulfonamides is 1. The molecule has 0 aliphatic carbocycles. The Morgan fingerprint density at radius 1 is 1.11 bits per heavy atom. The van der Waals surface area contributed by atoms with Gasteiger partial charge in [0.25, 0.3) is 0 Å². The van der Waals surface area contributed by atoms with E-state index < -0.39 is 35.4 Å². The molecule has 0 aromatic heterocycles. The molecule has 0 heterocycles. The molecule has 9 nitrogen and oxygen atoms in total. The van der Waals surface area contributed by atoms with Crippen molar-refractivity contribution in [2.24, 2.45) is 5.92 Å².